The van der Waals surface area contributed by atoms with Gasteiger partial charge in [0.2, 0.25) is 10.0 Å². The van der Waals surface area contributed by atoms with Crippen molar-refractivity contribution in [1.29, 1.82) is 0 Å². The van der Waals surface area contributed by atoms with Crippen LogP contribution in [0.15, 0.2) is 23.1 Å². The van der Waals surface area contributed by atoms with Crippen LogP contribution in [0.3, 0.4) is 0 Å². The van der Waals surface area contributed by atoms with Gasteiger partial charge in [-0.3, -0.25) is 9.59 Å². The Kier molecular flexibility index (Phi) is 7.28. The number of benzene rings is 1. The summed E-state index contributed by atoms with van der Waals surface area (Å²) in [6.45, 7) is 0.833. The van der Waals surface area contributed by atoms with E-state index in [-0.39, 0.29) is 21.0 Å². The number of sulfonamides is 1. The standard InChI is InChI=1S/C16H20Cl2N2O5S/c1-10(16(22)20-11-4-2-3-5-11)25-15(21)9-19-26(23,24)12-6-7-13(17)14(18)8-12/h6-8,10-11,19H,2-5,9H2,1H3,(H,20,22). The van der Waals surface area contributed by atoms with E-state index in [9.17, 15) is 18.0 Å². The molecule has 2 N–H and O–H groups in total. The summed E-state index contributed by atoms with van der Waals surface area (Å²) in [4.78, 5) is 23.7. The van der Waals surface area contributed by atoms with Crippen LogP contribution in [0, 0.1) is 0 Å². The Morgan fingerprint density at radius 1 is 1.23 bits per heavy atom. The topological polar surface area (TPSA) is 102 Å². The maximum atomic E-state index is 12.2. The Balaban J connectivity index is 1.84. The number of carbonyl (C=O) groups is 2. The van der Waals surface area contributed by atoms with Crippen molar-refractivity contribution in [2.75, 3.05) is 6.54 Å². The Morgan fingerprint density at radius 2 is 1.88 bits per heavy atom. The molecule has 0 bridgehead atoms. The number of halogens is 2. The highest BCUT2D eigenvalue weighted by Gasteiger charge is 2.24. The van der Waals surface area contributed by atoms with Crippen LogP contribution >= 0.6 is 23.2 Å². The molecule has 0 heterocycles. The van der Waals surface area contributed by atoms with Crippen LogP contribution in [0.25, 0.3) is 0 Å². The van der Waals surface area contributed by atoms with Gasteiger partial charge < -0.3 is 10.1 Å². The Labute approximate surface area is 162 Å². The number of hydrogen-bond donors (Lipinski definition) is 2. The van der Waals surface area contributed by atoms with E-state index < -0.39 is 34.5 Å². The zero-order valence-corrected chi connectivity index (χ0v) is 16.5. The molecule has 0 aliphatic heterocycles. The van der Waals surface area contributed by atoms with Crippen molar-refractivity contribution in [3.8, 4) is 0 Å². The molecular weight excluding hydrogens is 403 g/mol. The van der Waals surface area contributed by atoms with Gasteiger partial charge in [-0.2, -0.15) is 4.72 Å². The highest BCUT2D eigenvalue weighted by molar-refractivity contribution is 7.89. The van der Waals surface area contributed by atoms with Crippen molar-refractivity contribution in [3.63, 3.8) is 0 Å². The molecular formula is C16H20Cl2N2O5S. The molecule has 1 amide bonds. The van der Waals surface area contributed by atoms with E-state index in [0.29, 0.717) is 0 Å². The van der Waals surface area contributed by atoms with Gasteiger partial charge >= 0.3 is 5.97 Å². The largest absolute Gasteiger partial charge is 0.452 e. The molecule has 7 nitrogen and oxygen atoms in total. The van der Waals surface area contributed by atoms with E-state index in [1.165, 1.54) is 25.1 Å². The minimum atomic E-state index is -3.96. The molecule has 0 saturated heterocycles. The summed E-state index contributed by atoms with van der Waals surface area (Å²) >= 11 is 11.5. The molecule has 1 unspecified atom stereocenters. The molecule has 0 radical (unpaired) electrons. The number of nitrogens with one attached hydrogen (secondary N) is 2. The van der Waals surface area contributed by atoms with E-state index in [0.717, 1.165) is 25.7 Å². The van der Waals surface area contributed by atoms with Gasteiger partial charge in [-0.15, -0.1) is 0 Å². The van der Waals surface area contributed by atoms with Gasteiger partial charge in [0.1, 0.15) is 6.54 Å². The summed E-state index contributed by atoms with van der Waals surface area (Å²) in [6, 6.07) is 3.89. The summed E-state index contributed by atoms with van der Waals surface area (Å²) in [5.74, 6) is -1.25. The van der Waals surface area contributed by atoms with Crippen LogP contribution in [0.1, 0.15) is 32.6 Å². The number of ether oxygens (including phenoxy) is 1. The lowest BCUT2D eigenvalue weighted by Crippen LogP contribution is -2.42. The fourth-order valence-corrected chi connectivity index (χ4v) is 3.92. The second-order valence-corrected chi connectivity index (χ2v) is 8.60. The van der Waals surface area contributed by atoms with Crippen molar-refractivity contribution in [2.24, 2.45) is 0 Å². The summed E-state index contributed by atoms with van der Waals surface area (Å²) in [7, 11) is -3.96. The first-order valence-corrected chi connectivity index (χ1v) is 10.4. The van der Waals surface area contributed by atoms with E-state index in [2.05, 4.69) is 10.0 Å². The normalized spacial score (nSPS) is 16.3. The molecule has 1 fully saturated rings. The molecule has 144 valence electrons. The SMILES string of the molecule is CC(OC(=O)CNS(=O)(=O)c1ccc(Cl)c(Cl)c1)C(=O)NC1CCCC1. The van der Waals surface area contributed by atoms with Crippen molar-refractivity contribution < 1.29 is 22.7 Å². The van der Waals surface area contributed by atoms with E-state index in [1.54, 1.807) is 0 Å². The number of hydrogen-bond acceptors (Lipinski definition) is 5. The lowest BCUT2D eigenvalue weighted by Gasteiger charge is -2.17. The van der Waals surface area contributed by atoms with Crippen LogP contribution in [0.2, 0.25) is 10.0 Å². The van der Waals surface area contributed by atoms with Gasteiger partial charge in [-0.25, -0.2) is 8.42 Å². The third-order valence-corrected chi connectivity index (χ3v) is 6.12. The maximum Gasteiger partial charge on any atom is 0.321 e. The zero-order valence-electron chi connectivity index (χ0n) is 14.1. The van der Waals surface area contributed by atoms with Gasteiger partial charge in [-0.05, 0) is 38.0 Å². The molecule has 2 rings (SSSR count). The number of esters is 1. The van der Waals surface area contributed by atoms with E-state index in [4.69, 9.17) is 27.9 Å². The second-order valence-electron chi connectivity index (χ2n) is 6.02. The molecule has 26 heavy (non-hydrogen) atoms. The quantitative estimate of drug-likeness (QED) is 0.656. The van der Waals surface area contributed by atoms with E-state index >= 15 is 0 Å². The third kappa shape index (κ3) is 5.84. The summed E-state index contributed by atoms with van der Waals surface area (Å²) in [5, 5.41) is 3.10. The minimum Gasteiger partial charge on any atom is -0.452 e. The third-order valence-electron chi connectivity index (χ3n) is 3.99. The highest BCUT2D eigenvalue weighted by atomic mass is 35.5. The molecule has 1 aromatic carbocycles. The molecule has 0 aromatic heterocycles. The summed E-state index contributed by atoms with van der Waals surface area (Å²) < 4.78 is 31.4. The van der Waals surface area contributed by atoms with Crippen LogP contribution in [-0.4, -0.2) is 39.0 Å². The smallest absolute Gasteiger partial charge is 0.321 e. The predicted octanol–water partition coefficient (Wildman–Crippen LogP) is 2.26. The number of rotatable bonds is 7. The monoisotopic (exact) mass is 422 g/mol. The van der Waals surface area contributed by atoms with Gasteiger partial charge in [0.05, 0.1) is 14.9 Å². The zero-order chi connectivity index (χ0) is 19.3. The number of carbonyl (C=O) groups excluding carboxylic acids is 2. The van der Waals surface area contributed by atoms with Crippen molar-refractivity contribution in [2.45, 2.75) is 49.6 Å². The van der Waals surface area contributed by atoms with Crippen LogP contribution in [0.4, 0.5) is 0 Å². The maximum absolute atomic E-state index is 12.2. The highest BCUT2D eigenvalue weighted by Crippen LogP contribution is 2.24. The second kappa shape index (κ2) is 9.03. The fourth-order valence-electron chi connectivity index (χ4n) is 2.56. The van der Waals surface area contributed by atoms with Crippen LogP contribution in [0.5, 0.6) is 0 Å². The van der Waals surface area contributed by atoms with Crippen LogP contribution in [-0.2, 0) is 24.3 Å². The molecule has 1 aliphatic rings. The lowest BCUT2D eigenvalue weighted by molar-refractivity contribution is -0.153. The Bertz CT molecular complexity index is 779. The van der Waals surface area contributed by atoms with Crippen molar-refractivity contribution in [1.82, 2.24) is 10.0 Å². The molecule has 1 aromatic rings. The molecule has 10 heteroatoms. The van der Waals surface area contributed by atoms with E-state index in [1.807, 2.05) is 0 Å². The Hall–Kier alpha value is -1.35. The van der Waals surface area contributed by atoms with Gasteiger partial charge in [0, 0.05) is 6.04 Å². The average Bonchev–Trinajstić information content (AvgIpc) is 3.08. The molecule has 0 spiro atoms. The number of amides is 1. The minimum absolute atomic E-state index is 0.0781. The predicted molar refractivity (Wildman–Crippen MR) is 97.6 cm³/mol. The first-order valence-electron chi connectivity index (χ1n) is 8.13. The van der Waals surface area contributed by atoms with Crippen LogP contribution < -0.4 is 10.0 Å². The first kappa shape index (κ1) is 21.0. The lowest BCUT2D eigenvalue weighted by atomic mass is 10.2. The molecule has 1 saturated carbocycles. The first-order chi connectivity index (χ1) is 12.2. The fraction of sp³-hybridized carbons (Fsp3) is 0.500. The van der Waals surface area contributed by atoms with Gasteiger partial charge in [0.15, 0.2) is 6.10 Å². The summed E-state index contributed by atoms with van der Waals surface area (Å²) in [6.07, 6.45) is 2.95. The summed E-state index contributed by atoms with van der Waals surface area (Å²) in [5.41, 5.74) is 0. The molecule has 1 atom stereocenters. The Morgan fingerprint density at radius 3 is 2.50 bits per heavy atom. The van der Waals surface area contributed by atoms with Crippen molar-refractivity contribution in [3.05, 3.63) is 28.2 Å². The molecule has 1 aliphatic carbocycles. The van der Waals surface area contributed by atoms with Gasteiger partial charge in [-0.1, -0.05) is 36.0 Å². The van der Waals surface area contributed by atoms with Crippen molar-refractivity contribution >= 4 is 45.1 Å². The average molecular weight is 423 g/mol. The van der Waals surface area contributed by atoms with Gasteiger partial charge in [0.25, 0.3) is 5.91 Å².